The molecule has 1 aromatic carbocycles. The van der Waals surface area contributed by atoms with E-state index < -0.39 is 0 Å². The summed E-state index contributed by atoms with van der Waals surface area (Å²) in [6.07, 6.45) is 2.84. The monoisotopic (exact) mass is 351 g/mol. The van der Waals surface area contributed by atoms with Crippen LogP contribution in [0.5, 0.6) is 0 Å². The maximum atomic E-state index is 13.4. The van der Waals surface area contributed by atoms with E-state index in [9.17, 15) is 4.39 Å². The van der Waals surface area contributed by atoms with Gasteiger partial charge in [-0.3, -0.25) is 0 Å². The molecule has 112 valence electrons. The number of anilines is 2. The summed E-state index contributed by atoms with van der Waals surface area (Å²) in [6, 6.07) is 8.56. The van der Waals surface area contributed by atoms with Crippen LogP contribution in [-0.2, 0) is 6.54 Å². The molecular weight excluding hydrogens is 333 g/mol. The average molecular weight is 352 g/mol. The first kappa shape index (κ1) is 15.9. The van der Waals surface area contributed by atoms with Crippen molar-refractivity contribution in [3.63, 3.8) is 0 Å². The number of aromatic nitrogens is 1. The molecule has 2 rings (SSSR count). The van der Waals surface area contributed by atoms with E-state index in [1.165, 1.54) is 12.1 Å². The van der Waals surface area contributed by atoms with Gasteiger partial charge in [-0.2, -0.15) is 0 Å². The van der Waals surface area contributed by atoms with Crippen LogP contribution in [-0.4, -0.2) is 18.6 Å². The molecular formula is C16H19BrFN3. The van der Waals surface area contributed by atoms with E-state index in [1.807, 2.05) is 24.1 Å². The number of hydrogen-bond donors (Lipinski definition) is 1. The summed E-state index contributed by atoms with van der Waals surface area (Å²) in [5.41, 5.74) is 1.85. The lowest BCUT2D eigenvalue weighted by atomic mass is 10.2. The second kappa shape index (κ2) is 7.52. The zero-order valence-corrected chi connectivity index (χ0v) is 13.8. The highest BCUT2D eigenvalue weighted by Crippen LogP contribution is 2.27. The van der Waals surface area contributed by atoms with Crippen molar-refractivity contribution in [3.05, 3.63) is 52.4 Å². The molecule has 0 saturated heterocycles. The summed E-state index contributed by atoms with van der Waals surface area (Å²) >= 11 is 3.45. The minimum absolute atomic E-state index is 0.248. The van der Waals surface area contributed by atoms with Crippen molar-refractivity contribution in [3.8, 4) is 0 Å². The first-order chi connectivity index (χ1) is 10.1. The number of nitrogens with one attached hydrogen (secondary N) is 1. The summed E-state index contributed by atoms with van der Waals surface area (Å²) in [6.45, 7) is 3.82. The SMILES string of the molecule is CCCNCc1cc(Br)cnc1N(C)c1cccc(F)c1. The molecule has 0 atom stereocenters. The number of nitrogens with zero attached hydrogens (tertiary/aromatic N) is 2. The summed E-state index contributed by atoms with van der Waals surface area (Å²) in [4.78, 5) is 6.38. The Kier molecular flexibility index (Phi) is 5.70. The van der Waals surface area contributed by atoms with E-state index in [4.69, 9.17) is 0 Å². The molecule has 1 aromatic heterocycles. The van der Waals surface area contributed by atoms with Gasteiger partial charge in [-0.05, 0) is 53.2 Å². The Labute approximate surface area is 133 Å². The lowest BCUT2D eigenvalue weighted by Gasteiger charge is -2.22. The van der Waals surface area contributed by atoms with Gasteiger partial charge in [0.1, 0.15) is 11.6 Å². The van der Waals surface area contributed by atoms with Gasteiger partial charge in [0.05, 0.1) is 0 Å². The minimum atomic E-state index is -0.248. The molecule has 0 fully saturated rings. The highest BCUT2D eigenvalue weighted by atomic mass is 79.9. The van der Waals surface area contributed by atoms with E-state index in [0.717, 1.165) is 41.1 Å². The molecule has 1 heterocycles. The Hall–Kier alpha value is -1.46. The molecule has 0 saturated carbocycles. The zero-order valence-electron chi connectivity index (χ0n) is 12.2. The van der Waals surface area contributed by atoms with Crippen molar-refractivity contribution in [2.24, 2.45) is 0 Å². The van der Waals surface area contributed by atoms with Gasteiger partial charge >= 0.3 is 0 Å². The molecule has 0 aliphatic carbocycles. The highest BCUT2D eigenvalue weighted by Gasteiger charge is 2.12. The van der Waals surface area contributed by atoms with E-state index in [2.05, 4.69) is 33.2 Å². The van der Waals surface area contributed by atoms with Crippen LogP contribution in [0, 0.1) is 5.82 Å². The molecule has 21 heavy (non-hydrogen) atoms. The molecule has 0 spiro atoms. The molecule has 0 amide bonds. The summed E-state index contributed by atoms with van der Waals surface area (Å²) in [5, 5.41) is 3.38. The fourth-order valence-corrected chi connectivity index (χ4v) is 2.49. The van der Waals surface area contributed by atoms with Gasteiger partial charge in [0.15, 0.2) is 0 Å². The van der Waals surface area contributed by atoms with Crippen LogP contribution in [0.25, 0.3) is 0 Å². The van der Waals surface area contributed by atoms with Gasteiger partial charge in [-0.1, -0.05) is 13.0 Å². The predicted octanol–water partition coefficient (Wildman–Crippen LogP) is 4.25. The molecule has 5 heteroatoms. The van der Waals surface area contributed by atoms with Crippen LogP contribution in [0.15, 0.2) is 41.0 Å². The number of pyridine rings is 1. The van der Waals surface area contributed by atoms with E-state index >= 15 is 0 Å². The van der Waals surface area contributed by atoms with E-state index in [1.54, 1.807) is 12.3 Å². The van der Waals surface area contributed by atoms with Crippen LogP contribution in [0.4, 0.5) is 15.9 Å². The molecule has 0 aliphatic heterocycles. The minimum Gasteiger partial charge on any atom is -0.329 e. The number of hydrogen-bond acceptors (Lipinski definition) is 3. The van der Waals surface area contributed by atoms with E-state index in [0.29, 0.717) is 0 Å². The molecule has 3 nitrogen and oxygen atoms in total. The Balaban J connectivity index is 2.29. The van der Waals surface area contributed by atoms with Gasteiger partial charge in [-0.25, -0.2) is 9.37 Å². The quantitative estimate of drug-likeness (QED) is 0.788. The predicted molar refractivity (Wildman–Crippen MR) is 88.4 cm³/mol. The lowest BCUT2D eigenvalue weighted by Crippen LogP contribution is -2.19. The Morgan fingerprint density at radius 1 is 1.33 bits per heavy atom. The molecule has 0 bridgehead atoms. The van der Waals surface area contributed by atoms with Gasteiger partial charge in [0, 0.05) is 35.5 Å². The summed E-state index contributed by atoms with van der Waals surface area (Å²) in [5.74, 6) is 0.578. The Morgan fingerprint density at radius 3 is 2.86 bits per heavy atom. The summed E-state index contributed by atoms with van der Waals surface area (Å²) in [7, 11) is 1.90. The van der Waals surface area contributed by atoms with Crippen molar-refractivity contribution < 1.29 is 4.39 Å². The highest BCUT2D eigenvalue weighted by molar-refractivity contribution is 9.10. The normalized spacial score (nSPS) is 10.7. The third-order valence-electron chi connectivity index (χ3n) is 3.16. The summed E-state index contributed by atoms with van der Waals surface area (Å²) < 4.78 is 14.3. The van der Waals surface area contributed by atoms with Crippen LogP contribution in [0.3, 0.4) is 0 Å². The van der Waals surface area contributed by atoms with E-state index in [-0.39, 0.29) is 5.82 Å². The molecule has 1 N–H and O–H groups in total. The second-order valence-electron chi connectivity index (χ2n) is 4.85. The van der Waals surface area contributed by atoms with Crippen molar-refractivity contribution in [2.75, 3.05) is 18.5 Å². The largest absolute Gasteiger partial charge is 0.329 e. The number of rotatable bonds is 6. The smallest absolute Gasteiger partial charge is 0.137 e. The zero-order chi connectivity index (χ0) is 15.2. The molecule has 0 unspecified atom stereocenters. The van der Waals surface area contributed by atoms with Crippen molar-refractivity contribution in [1.82, 2.24) is 10.3 Å². The number of halogens is 2. The average Bonchev–Trinajstić information content (AvgIpc) is 2.47. The molecule has 2 aromatic rings. The first-order valence-corrected chi connectivity index (χ1v) is 7.75. The number of benzene rings is 1. The third kappa shape index (κ3) is 4.25. The van der Waals surface area contributed by atoms with Crippen LogP contribution >= 0.6 is 15.9 Å². The molecule has 0 radical (unpaired) electrons. The topological polar surface area (TPSA) is 28.2 Å². The standard InChI is InChI=1S/C16H19BrFN3/c1-3-7-19-10-12-8-13(17)11-20-16(12)21(2)15-6-4-5-14(18)9-15/h4-6,8-9,11,19H,3,7,10H2,1-2H3. The van der Waals surface area contributed by atoms with Crippen LogP contribution < -0.4 is 10.2 Å². The fourth-order valence-electron chi connectivity index (χ4n) is 2.11. The Morgan fingerprint density at radius 2 is 2.14 bits per heavy atom. The molecule has 0 aliphatic rings. The second-order valence-corrected chi connectivity index (χ2v) is 5.77. The third-order valence-corrected chi connectivity index (χ3v) is 3.60. The van der Waals surface area contributed by atoms with Gasteiger partial charge < -0.3 is 10.2 Å². The van der Waals surface area contributed by atoms with Crippen LogP contribution in [0.2, 0.25) is 0 Å². The van der Waals surface area contributed by atoms with Crippen molar-refractivity contribution in [2.45, 2.75) is 19.9 Å². The fraction of sp³-hybridized carbons (Fsp3) is 0.312. The first-order valence-electron chi connectivity index (χ1n) is 6.96. The Bertz CT molecular complexity index is 604. The maximum Gasteiger partial charge on any atom is 0.137 e. The van der Waals surface area contributed by atoms with Gasteiger partial charge in [0.25, 0.3) is 0 Å². The maximum absolute atomic E-state index is 13.4. The van der Waals surface area contributed by atoms with Gasteiger partial charge in [0.2, 0.25) is 0 Å². The van der Waals surface area contributed by atoms with Gasteiger partial charge in [-0.15, -0.1) is 0 Å². The van der Waals surface area contributed by atoms with Crippen LogP contribution in [0.1, 0.15) is 18.9 Å². The van der Waals surface area contributed by atoms with Crippen molar-refractivity contribution >= 4 is 27.4 Å². The lowest BCUT2D eigenvalue weighted by molar-refractivity contribution is 0.628. The van der Waals surface area contributed by atoms with Crippen molar-refractivity contribution in [1.29, 1.82) is 0 Å².